The summed E-state index contributed by atoms with van der Waals surface area (Å²) < 4.78 is 31.9. The molecule has 0 aliphatic carbocycles. The fraction of sp³-hybridized carbons (Fsp3) is 0.480. The maximum Gasteiger partial charge on any atom is 0.315 e. The minimum atomic E-state index is -0.324. The highest BCUT2D eigenvalue weighted by atomic mass is 19.1. The Morgan fingerprint density at radius 2 is 1.82 bits per heavy atom. The van der Waals surface area contributed by atoms with Gasteiger partial charge in [0.05, 0.1) is 37.2 Å². The van der Waals surface area contributed by atoms with Crippen LogP contribution in [0, 0.1) is 5.82 Å². The van der Waals surface area contributed by atoms with Crippen LogP contribution in [0.1, 0.15) is 44.4 Å². The second kappa shape index (κ2) is 10.3. The summed E-state index contributed by atoms with van der Waals surface area (Å²) in [6.45, 7) is 8.66. The summed E-state index contributed by atoms with van der Waals surface area (Å²) in [4.78, 5) is 14.4. The summed E-state index contributed by atoms with van der Waals surface area (Å²) in [5.74, 6) is 1.12. The van der Waals surface area contributed by atoms with E-state index in [1.165, 1.54) is 6.07 Å². The predicted octanol–water partition coefficient (Wildman–Crippen LogP) is 4.16. The maximum atomic E-state index is 14.8. The van der Waals surface area contributed by atoms with E-state index in [2.05, 4.69) is 10.6 Å². The van der Waals surface area contributed by atoms with Gasteiger partial charge in [0.25, 0.3) is 0 Å². The summed E-state index contributed by atoms with van der Waals surface area (Å²) in [6, 6.07) is 10.2. The number of hydrogen-bond acceptors (Lipinski definition) is 5. The van der Waals surface area contributed by atoms with Crippen LogP contribution in [0.4, 0.5) is 14.9 Å². The lowest BCUT2D eigenvalue weighted by Crippen LogP contribution is -2.45. The largest absolute Gasteiger partial charge is 0.490 e. The Bertz CT molecular complexity index is 976. The minimum Gasteiger partial charge on any atom is -0.490 e. The number of halogens is 1. The maximum absolute atomic E-state index is 14.8. The molecule has 2 amide bonds. The van der Waals surface area contributed by atoms with Gasteiger partial charge in [-0.1, -0.05) is 12.1 Å². The molecule has 4 rings (SSSR count). The van der Waals surface area contributed by atoms with Crippen LogP contribution in [0.5, 0.6) is 11.5 Å². The number of hydrogen-bond donors (Lipinski definition) is 2. The molecule has 2 N–H and O–H groups in total. The number of carbonyl (C=O) groups is 1. The lowest BCUT2D eigenvalue weighted by Gasteiger charge is -2.37. The Balaban J connectivity index is 1.31. The van der Waals surface area contributed by atoms with Gasteiger partial charge in [-0.05, 0) is 56.2 Å². The molecule has 0 radical (unpaired) electrons. The molecule has 0 saturated carbocycles. The molecule has 7 nitrogen and oxygen atoms in total. The zero-order valence-corrected chi connectivity index (χ0v) is 19.4. The van der Waals surface area contributed by atoms with Gasteiger partial charge in [0.15, 0.2) is 11.5 Å². The zero-order valence-electron chi connectivity index (χ0n) is 19.4. The molecule has 2 aromatic carbocycles. The topological polar surface area (TPSA) is 72.1 Å². The van der Waals surface area contributed by atoms with Crippen LogP contribution in [0.3, 0.4) is 0 Å². The molecule has 0 spiro atoms. The first-order valence-electron chi connectivity index (χ1n) is 11.5. The van der Waals surface area contributed by atoms with Gasteiger partial charge in [-0.2, -0.15) is 0 Å². The van der Waals surface area contributed by atoms with Crippen molar-refractivity contribution in [2.45, 2.75) is 52.0 Å². The number of nitrogens with zero attached hydrogens (tertiary/aromatic N) is 1. The fourth-order valence-electron chi connectivity index (χ4n) is 4.25. The van der Waals surface area contributed by atoms with Crippen LogP contribution in [-0.2, 0) is 11.3 Å². The molecule has 0 bridgehead atoms. The third-order valence-electron chi connectivity index (χ3n) is 5.84. The molecule has 2 aromatic rings. The Labute approximate surface area is 194 Å². The van der Waals surface area contributed by atoms with E-state index in [0.717, 1.165) is 17.7 Å². The van der Waals surface area contributed by atoms with Crippen molar-refractivity contribution < 1.29 is 23.4 Å². The second-order valence-electron chi connectivity index (χ2n) is 8.75. The summed E-state index contributed by atoms with van der Waals surface area (Å²) in [5.41, 5.74) is 2.18. The normalized spacial score (nSPS) is 21.2. The van der Waals surface area contributed by atoms with Crippen LogP contribution in [0.15, 0.2) is 36.4 Å². The number of benzene rings is 2. The molecule has 2 aliphatic rings. The first-order valence-corrected chi connectivity index (χ1v) is 11.5. The molecule has 1 fully saturated rings. The van der Waals surface area contributed by atoms with Crippen LogP contribution in [-0.4, -0.2) is 44.5 Å². The molecule has 0 aromatic heterocycles. The van der Waals surface area contributed by atoms with Crippen molar-refractivity contribution in [3.8, 4) is 11.5 Å². The van der Waals surface area contributed by atoms with E-state index in [1.807, 2.05) is 49.9 Å². The van der Waals surface area contributed by atoms with Crippen LogP contribution in [0.25, 0.3) is 0 Å². The molecular formula is C25H32FN3O4. The van der Waals surface area contributed by atoms with Gasteiger partial charge in [-0.25, -0.2) is 9.18 Å². The highest BCUT2D eigenvalue weighted by Gasteiger charge is 2.24. The predicted molar refractivity (Wildman–Crippen MR) is 124 cm³/mol. The molecule has 3 unspecified atom stereocenters. The van der Waals surface area contributed by atoms with Crippen molar-refractivity contribution in [1.82, 2.24) is 10.6 Å². The van der Waals surface area contributed by atoms with Gasteiger partial charge in [-0.3, -0.25) is 0 Å². The Kier molecular flexibility index (Phi) is 7.23. The summed E-state index contributed by atoms with van der Waals surface area (Å²) in [5, 5.41) is 5.72. The summed E-state index contributed by atoms with van der Waals surface area (Å²) in [6.07, 6.45) is 0.949. The van der Waals surface area contributed by atoms with E-state index in [-0.39, 0.29) is 36.6 Å². The van der Waals surface area contributed by atoms with Gasteiger partial charge in [0, 0.05) is 26.1 Å². The van der Waals surface area contributed by atoms with E-state index in [0.29, 0.717) is 43.3 Å². The number of anilines is 1. The van der Waals surface area contributed by atoms with E-state index >= 15 is 0 Å². The summed E-state index contributed by atoms with van der Waals surface area (Å²) >= 11 is 0. The lowest BCUT2D eigenvalue weighted by molar-refractivity contribution is -0.00539. The molecular weight excluding hydrogens is 425 g/mol. The molecule has 33 heavy (non-hydrogen) atoms. The van der Waals surface area contributed by atoms with Gasteiger partial charge >= 0.3 is 6.03 Å². The monoisotopic (exact) mass is 457 g/mol. The quantitative estimate of drug-likeness (QED) is 0.706. The molecule has 1 saturated heterocycles. The lowest BCUT2D eigenvalue weighted by atomic mass is 10.1. The van der Waals surface area contributed by atoms with Gasteiger partial charge < -0.3 is 29.7 Å². The number of ether oxygens (including phenoxy) is 3. The van der Waals surface area contributed by atoms with E-state index < -0.39 is 0 Å². The molecule has 2 heterocycles. The summed E-state index contributed by atoms with van der Waals surface area (Å²) in [7, 11) is 0. The first-order chi connectivity index (χ1) is 15.9. The van der Waals surface area contributed by atoms with Crippen molar-refractivity contribution in [2.24, 2.45) is 0 Å². The van der Waals surface area contributed by atoms with Crippen molar-refractivity contribution in [3.63, 3.8) is 0 Å². The van der Waals surface area contributed by atoms with Crippen LogP contribution in [0.2, 0.25) is 0 Å². The fourth-order valence-corrected chi connectivity index (χ4v) is 4.25. The van der Waals surface area contributed by atoms with Gasteiger partial charge in [0.1, 0.15) is 5.82 Å². The average Bonchev–Trinajstić information content (AvgIpc) is 3.02. The SMILES string of the molecule is CC1CN(c2ccc(CNC(=O)NC(C)c3ccc4c(c3)OCCCO4)cc2F)CC(C)O1. The van der Waals surface area contributed by atoms with Gasteiger partial charge in [0.2, 0.25) is 0 Å². The van der Waals surface area contributed by atoms with Crippen molar-refractivity contribution in [1.29, 1.82) is 0 Å². The van der Waals surface area contributed by atoms with Crippen LogP contribution < -0.4 is 25.0 Å². The Hall–Kier alpha value is -3.00. The van der Waals surface area contributed by atoms with Crippen molar-refractivity contribution in [2.75, 3.05) is 31.2 Å². The molecule has 2 aliphatic heterocycles. The van der Waals surface area contributed by atoms with Gasteiger partial charge in [-0.15, -0.1) is 0 Å². The Morgan fingerprint density at radius 3 is 2.55 bits per heavy atom. The number of urea groups is 1. The minimum absolute atomic E-state index is 0.0545. The van der Waals surface area contributed by atoms with E-state index in [1.54, 1.807) is 6.07 Å². The molecule has 178 valence electrons. The highest BCUT2D eigenvalue weighted by Crippen LogP contribution is 2.32. The zero-order chi connectivity index (χ0) is 23.4. The number of amides is 2. The molecule has 8 heteroatoms. The van der Waals surface area contributed by atoms with Crippen LogP contribution >= 0.6 is 0 Å². The number of nitrogens with one attached hydrogen (secondary N) is 2. The highest BCUT2D eigenvalue weighted by molar-refractivity contribution is 5.74. The van der Waals surface area contributed by atoms with Crippen molar-refractivity contribution >= 4 is 11.7 Å². The number of carbonyl (C=O) groups excluding carboxylic acids is 1. The third-order valence-corrected chi connectivity index (χ3v) is 5.84. The van der Waals surface area contributed by atoms with E-state index in [4.69, 9.17) is 14.2 Å². The number of rotatable bonds is 5. The van der Waals surface area contributed by atoms with E-state index in [9.17, 15) is 9.18 Å². The number of fused-ring (bicyclic) bond motifs is 1. The third kappa shape index (κ3) is 5.87. The smallest absolute Gasteiger partial charge is 0.315 e. The Morgan fingerprint density at radius 1 is 1.09 bits per heavy atom. The average molecular weight is 458 g/mol. The standard InChI is InChI=1S/C25H32FN3O4/c1-16-14-29(15-17(2)33-16)22-7-5-19(11-21(22)26)13-27-25(30)28-18(3)20-6-8-23-24(12-20)32-10-4-9-31-23/h5-8,11-12,16-18H,4,9-10,13-15H2,1-3H3,(H2,27,28,30). The van der Waals surface area contributed by atoms with Crippen molar-refractivity contribution in [3.05, 3.63) is 53.3 Å². The number of morpholine rings is 1. The first kappa shape index (κ1) is 23.2. The second-order valence-corrected chi connectivity index (χ2v) is 8.75. The molecule has 3 atom stereocenters.